The van der Waals surface area contributed by atoms with Gasteiger partial charge < -0.3 is 9.88 Å². The van der Waals surface area contributed by atoms with Gasteiger partial charge in [0.25, 0.3) is 0 Å². The summed E-state index contributed by atoms with van der Waals surface area (Å²) in [4.78, 5) is 4.02. The molecule has 2 heterocycles. The van der Waals surface area contributed by atoms with E-state index in [2.05, 4.69) is 46.1 Å². The largest absolute Gasteiger partial charge is 0.334 e. The van der Waals surface area contributed by atoms with E-state index in [1.54, 1.807) is 6.20 Å². The Hall–Kier alpha value is -1.61. The van der Waals surface area contributed by atoms with Crippen LogP contribution < -0.4 is 5.32 Å². The molecule has 0 aliphatic carbocycles. The molecule has 1 aliphatic heterocycles. The maximum absolute atomic E-state index is 4.02. The van der Waals surface area contributed by atoms with E-state index in [-0.39, 0.29) is 0 Å². The quantitative estimate of drug-likeness (QED) is 0.803. The molecule has 2 rings (SSSR count). The molecule has 0 saturated carbocycles. The van der Waals surface area contributed by atoms with E-state index in [1.807, 2.05) is 12.5 Å². The molecule has 1 aromatic heterocycles. The van der Waals surface area contributed by atoms with Crippen molar-refractivity contribution < 1.29 is 0 Å². The van der Waals surface area contributed by atoms with Gasteiger partial charge in [0, 0.05) is 25.5 Å². The molecule has 0 fully saturated rings. The third-order valence-corrected chi connectivity index (χ3v) is 2.92. The molecule has 1 aromatic rings. The summed E-state index contributed by atoms with van der Waals surface area (Å²) in [5, 5.41) is 3.33. The highest BCUT2D eigenvalue weighted by molar-refractivity contribution is 5.40. The summed E-state index contributed by atoms with van der Waals surface area (Å²) in [6.45, 7) is 5.04. The topological polar surface area (TPSA) is 29.9 Å². The maximum atomic E-state index is 4.02. The number of allylic oxidation sites excluding steroid dienone is 4. The van der Waals surface area contributed by atoms with Crippen molar-refractivity contribution in [1.82, 2.24) is 14.9 Å². The van der Waals surface area contributed by atoms with Crippen LogP contribution in [-0.2, 0) is 6.54 Å². The van der Waals surface area contributed by atoms with Crippen LogP contribution in [-0.4, -0.2) is 22.6 Å². The first kappa shape index (κ1) is 11.9. The molecule has 0 atom stereocenters. The zero-order chi connectivity index (χ0) is 11.9. The average Bonchev–Trinajstić information content (AvgIpc) is 2.89. The molecule has 1 aliphatic rings. The molecule has 1 N–H and O–H groups in total. The van der Waals surface area contributed by atoms with Gasteiger partial charge in [0.1, 0.15) is 0 Å². The van der Waals surface area contributed by atoms with Crippen LogP contribution in [0, 0.1) is 0 Å². The average molecular weight is 229 g/mol. The number of hydrogen-bond acceptors (Lipinski definition) is 2. The van der Waals surface area contributed by atoms with E-state index in [4.69, 9.17) is 0 Å². The second kappa shape index (κ2) is 6.21. The summed E-state index contributed by atoms with van der Waals surface area (Å²) in [6, 6.07) is 0. The minimum absolute atomic E-state index is 0.878. The van der Waals surface area contributed by atoms with Gasteiger partial charge in [0.15, 0.2) is 0 Å². The van der Waals surface area contributed by atoms with Gasteiger partial charge in [0.05, 0.1) is 6.33 Å². The van der Waals surface area contributed by atoms with Crippen LogP contribution in [0.25, 0.3) is 0 Å². The van der Waals surface area contributed by atoms with Gasteiger partial charge in [-0.3, -0.25) is 0 Å². The number of hydrogen-bond donors (Lipinski definition) is 1. The third-order valence-electron chi connectivity index (χ3n) is 2.92. The Bertz CT molecular complexity index is 424. The number of aromatic nitrogens is 2. The number of imidazole rings is 1. The second-order valence-corrected chi connectivity index (χ2v) is 4.09. The summed E-state index contributed by atoms with van der Waals surface area (Å²) in [5.74, 6) is 0. The van der Waals surface area contributed by atoms with Crippen molar-refractivity contribution in [2.75, 3.05) is 13.1 Å². The van der Waals surface area contributed by atoms with Gasteiger partial charge in [0.2, 0.25) is 0 Å². The lowest BCUT2D eigenvalue weighted by atomic mass is 9.99. The lowest BCUT2D eigenvalue weighted by Crippen LogP contribution is -2.20. The first-order chi connectivity index (χ1) is 8.40. The Labute approximate surface area is 103 Å². The molecule has 0 bridgehead atoms. The molecule has 0 spiro atoms. The number of nitrogens with one attached hydrogen (secondary N) is 1. The molecular formula is C14H19N3. The van der Waals surface area contributed by atoms with Gasteiger partial charge in [-0.2, -0.15) is 0 Å². The van der Waals surface area contributed by atoms with Crippen LogP contribution in [0.15, 0.2) is 54.2 Å². The van der Waals surface area contributed by atoms with E-state index in [9.17, 15) is 0 Å². The second-order valence-electron chi connectivity index (χ2n) is 4.09. The molecule has 0 unspecified atom stereocenters. The highest BCUT2D eigenvalue weighted by atomic mass is 15.0. The fraction of sp³-hybridized carbons (Fsp3) is 0.357. The minimum Gasteiger partial charge on any atom is -0.334 e. The molecule has 3 nitrogen and oxygen atoms in total. The maximum Gasteiger partial charge on any atom is 0.0948 e. The summed E-state index contributed by atoms with van der Waals surface area (Å²) in [6.07, 6.45) is 15.6. The zero-order valence-electron chi connectivity index (χ0n) is 10.3. The molecule has 3 heteroatoms. The van der Waals surface area contributed by atoms with Gasteiger partial charge in [-0.25, -0.2) is 4.98 Å². The summed E-state index contributed by atoms with van der Waals surface area (Å²) in [7, 11) is 0. The summed E-state index contributed by atoms with van der Waals surface area (Å²) >= 11 is 0. The van der Waals surface area contributed by atoms with Crippen LogP contribution >= 0.6 is 0 Å². The molecule has 90 valence electrons. The van der Waals surface area contributed by atoms with Crippen molar-refractivity contribution >= 4 is 0 Å². The molecule has 0 radical (unpaired) electrons. The highest BCUT2D eigenvalue weighted by Crippen LogP contribution is 2.17. The van der Waals surface area contributed by atoms with Gasteiger partial charge in [-0.15, -0.1) is 0 Å². The third kappa shape index (κ3) is 3.43. The molecule has 17 heavy (non-hydrogen) atoms. The number of nitrogens with zero attached hydrogens (tertiary/aromatic N) is 2. The monoisotopic (exact) mass is 229 g/mol. The van der Waals surface area contributed by atoms with Crippen LogP contribution in [0.3, 0.4) is 0 Å². The van der Waals surface area contributed by atoms with Gasteiger partial charge in [-0.05, 0) is 31.0 Å². The molecule has 0 amide bonds. The van der Waals surface area contributed by atoms with E-state index in [0.717, 1.165) is 26.1 Å². The predicted molar refractivity (Wildman–Crippen MR) is 70.7 cm³/mol. The highest BCUT2D eigenvalue weighted by Gasteiger charge is 2.04. The van der Waals surface area contributed by atoms with E-state index >= 15 is 0 Å². The SMILES string of the molecule is C/C=C(\C=C/Cn1ccnc1)C1=CCNCC1. The Morgan fingerprint density at radius 3 is 3.18 bits per heavy atom. The van der Waals surface area contributed by atoms with Gasteiger partial charge >= 0.3 is 0 Å². The fourth-order valence-corrected chi connectivity index (χ4v) is 1.97. The first-order valence-electron chi connectivity index (χ1n) is 6.09. The van der Waals surface area contributed by atoms with E-state index in [1.165, 1.54) is 11.1 Å². The van der Waals surface area contributed by atoms with Gasteiger partial charge in [-0.1, -0.05) is 24.3 Å². The van der Waals surface area contributed by atoms with Crippen LogP contribution in [0.5, 0.6) is 0 Å². The predicted octanol–water partition coefficient (Wildman–Crippen LogP) is 2.31. The van der Waals surface area contributed by atoms with E-state index < -0.39 is 0 Å². The Balaban J connectivity index is 1.95. The van der Waals surface area contributed by atoms with Crippen molar-refractivity contribution in [1.29, 1.82) is 0 Å². The lowest BCUT2D eigenvalue weighted by molar-refractivity contribution is 0.709. The standard InChI is InChI=1S/C14H19N3/c1-2-13(14-5-7-15-8-6-14)4-3-10-17-11-9-16-12-17/h2-5,9,11-12,15H,6-8,10H2,1H3/b4-3-,13-2+. The molecule has 0 aromatic carbocycles. The fourth-order valence-electron chi connectivity index (χ4n) is 1.97. The Morgan fingerprint density at radius 1 is 1.59 bits per heavy atom. The molecular weight excluding hydrogens is 210 g/mol. The number of rotatable bonds is 4. The van der Waals surface area contributed by atoms with Crippen LogP contribution in [0.2, 0.25) is 0 Å². The van der Waals surface area contributed by atoms with Crippen molar-refractivity contribution in [2.24, 2.45) is 0 Å². The zero-order valence-corrected chi connectivity index (χ0v) is 10.3. The summed E-state index contributed by atoms with van der Waals surface area (Å²) < 4.78 is 2.06. The van der Waals surface area contributed by atoms with Crippen molar-refractivity contribution in [2.45, 2.75) is 19.9 Å². The lowest BCUT2D eigenvalue weighted by Gasteiger charge is -2.14. The normalized spacial score (nSPS) is 17.5. The minimum atomic E-state index is 0.878. The van der Waals surface area contributed by atoms with Crippen LogP contribution in [0.1, 0.15) is 13.3 Å². The van der Waals surface area contributed by atoms with Crippen molar-refractivity contribution in [3.05, 3.63) is 54.2 Å². The first-order valence-corrected chi connectivity index (χ1v) is 6.09. The summed E-state index contributed by atoms with van der Waals surface area (Å²) in [5.41, 5.74) is 2.79. The Morgan fingerprint density at radius 2 is 2.53 bits per heavy atom. The molecule has 0 saturated heterocycles. The van der Waals surface area contributed by atoms with E-state index in [0.29, 0.717) is 0 Å². The van der Waals surface area contributed by atoms with Crippen LogP contribution in [0.4, 0.5) is 0 Å². The Kier molecular flexibility index (Phi) is 4.33. The smallest absolute Gasteiger partial charge is 0.0948 e. The van der Waals surface area contributed by atoms with Crippen molar-refractivity contribution in [3.8, 4) is 0 Å². The van der Waals surface area contributed by atoms with Crippen molar-refractivity contribution in [3.63, 3.8) is 0 Å².